The van der Waals surface area contributed by atoms with Crippen molar-refractivity contribution in [1.29, 1.82) is 0 Å². The average Bonchev–Trinajstić information content (AvgIpc) is 3.11. The van der Waals surface area contributed by atoms with Crippen LogP contribution in [0.15, 0.2) is 57.9 Å². The molecule has 2 heterocycles. The summed E-state index contributed by atoms with van der Waals surface area (Å²) < 4.78 is 28.6. The van der Waals surface area contributed by atoms with Crippen LogP contribution < -0.4 is 5.32 Å². The second-order valence-electron chi connectivity index (χ2n) is 9.03. The molecule has 2 fully saturated rings. The number of amides is 1. The lowest BCUT2D eigenvalue weighted by atomic mass is 9.96. The first kappa shape index (κ1) is 24.4. The summed E-state index contributed by atoms with van der Waals surface area (Å²) in [4.78, 5) is 15.5. The van der Waals surface area contributed by atoms with Crippen molar-refractivity contribution >= 4 is 37.5 Å². The van der Waals surface area contributed by atoms with Gasteiger partial charge in [-0.25, -0.2) is 8.42 Å². The van der Waals surface area contributed by atoms with E-state index < -0.39 is 10.0 Å². The van der Waals surface area contributed by atoms with Gasteiger partial charge in [-0.15, -0.1) is 0 Å². The van der Waals surface area contributed by atoms with Crippen molar-refractivity contribution in [3.63, 3.8) is 0 Å². The Morgan fingerprint density at radius 2 is 1.58 bits per heavy atom. The van der Waals surface area contributed by atoms with Gasteiger partial charge in [-0.3, -0.25) is 9.69 Å². The lowest BCUT2D eigenvalue weighted by molar-refractivity contribution is -0.121. The average molecular weight is 535 g/mol. The number of rotatable bonds is 6. The molecular formula is C25H32BrN3O3S. The normalized spacial score (nSPS) is 20.8. The first-order chi connectivity index (χ1) is 15.9. The minimum absolute atomic E-state index is 0.00127. The third-order valence-electron chi connectivity index (χ3n) is 6.52. The first-order valence-electron chi connectivity index (χ1n) is 11.8. The largest absolute Gasteiger partial charge is 0.326 e. The number of benzene rings is 2. The molecule has 0 saturated carbocycles. The molecule has 2 aliphatic rings. The van der Waals surface area contributed by atoms with Gasteiger partial charge in [0.05, 0.1) is 10.8 Å². The summed E-state index contributed by atoms with van der Waals surface area (Å²) in [5.74, 6) is -0.0756. The minimum atomic E-state index is -3.48. The summed E-state index contributed by atoms with van der Waals surface area (Å²) >= 11 is 3.47. The van der Waals surface area contributed by atoms with Crippen molar-refractivity contribution < 1.29 is 13.2 Å². The van der Waals surface area contributed by atoms with Crippen LogP contribution in [0.4, 0.5) is 5.69 Å². The SMILES string of the molecule is O=C(Nc1ccc(S(=O)(=O)N2CCCCCC2)cc1)C1CCCN(Cc2ccc(Br)cc2)C1. The zero-order valence-electron chi connectivity index (χ0n) is 18.9. The van der Waals surface area contributed by atoms with Crippen molar-refractivity contribution in [3.05, 3.63) is 58.6 Å². The Bertz CT molecular complexity index is 1030. The highest BCUT2D eigenvalue weighted by Gasteiger charge is 2.27. The number of anilines is 1. The fraction of sp³-hybridized carbons (Fsp3) is 0.480. The molecule has 0 bridgehead atoms. The van der Waals surface area contributed by atoms with Gasteiger partial charge in [-0.1, -0.05) is 40.9 Å². The maximum Gasteiger partial charge on any atom is 0.243 e. The van der Waals surface area contributed by atoms with Crippen LogP contribution in [0.2, 0.25) is 0 Å². The van der Waals surface area contributed by atoms with Crippen LogP contribution in [0.1, 0.15) is 44.1 Å². The maximum absolute atomic E-state index is 13.0. The van der Waals surface area contributed by atoms with Crippen molar-refractivity contribution in [2.24, 2.45) is 5.92 Å². The highest BCUT2D eigenvalue weighted by atomic mass is 79.9. The number of carbonyl (C=O) groups is 1. The van der Waals surface area contributed by atoms with Crippen LogP contribution in [0.5, 0.6) is 0 Å². The molecule has 0 radical (unpaired) electrons. The molecule has 2 aromatic rings. The van der Waals surface area contributed by atoms with E-state index in [4.69, 9.17) is 0 Å². The Kier molecular flexibility index (Phi) is 8.22. The van der Waals surface area contributed by atoms with Crippen LogP contribution in [-0.2, 0) is 21.4 Å². The molecule has 8 heteroatoms. The number of sulfonamides is 1. The second kappa shape index (κ2) is 11.1. The number of carbonyl (C=O) groups excluding carboxylic acids is 1. The Balaban J connectivity index is 1.34. The molecule has 6 nitrogen and oxygen atoms in total. The Labute approximate surface area is 205 Å². The topological polar surface area (TPSA) is 69.7 Å². The third kappa shape index (κ3) is 6.44. The molecule has 1 amide bonds. The van der Waals surface area contributed by atoms with E-state index in [2.05, 4.69) is 38.3 Å². The molecule has 1 atom stereocenters. The number of hydrogen-bond donors (Lipinski definition) is 1. The summed E-state index contributed by atoms with van der Waals surface area (Å²) in [5, 5.41) is 2.99. The fourth-order valence-electron chi connectivity index (χ4n) is 4.65. The number of likely N-dealkylation sites (tertiary alicyclic amines) is 1. The quantitative estimate of drug-likeness (QED) is 0.575. The van der Waals surface area contributed by atoms with Crippen molar-refractivity contribution in [2.45, 2.75) is 50.0 Å². The molecule has 2 aliphatic heterocycles. The number of piperidine rings is 1. The third-order valence-corrected chi connectivity index (χ3v) is 8.96. The van der Waals surface area contributed by atoms with E-state index in [0.29, 0.717) is 23.7 Å². The fourth-order valence-corrected chi connectivity index (χ4v) is 6.43. The highest BCUT2D eigenvalue weighted by molar-refractivity contribution is 9.10. The van der Waals surface area contributed by atoms with E-state index in [0.717, 1.165) is 62.6 Å². The van der Waals surface area contributed by atoms with Crippen LogP contribution in [0.3, 0.4) is 0 Å². The molecule has 2 saturated heterocycles. The van der Waals surface area contributed by atoms with Gasteiger partial charge in [0.2, 0.25) is 15.9 Å². The number of hydrogen-bond acceptors (Lipinski definition) is 4. The molecule has 1 unspecified atom stereocenters. The van der Waals surface area contributed by atoms with Gasteiger partial charge in [0.15, 0.2) is 0 Å². The molecule has 0 aromatic heterocycles. The van der Waals surface area contributed by atoms with Gasteiger partial charge in [-0.05, 0) is 74.2 Å². The van der Waals surface area contributed by atoms with Crippen LogP contribution >= 0.6 is 15.9 Å². The first-order valence-corrected chi connectivity index (χ1v) is 14.0. The van der Waals surface area contributed by atoms with Crippen molar-refractivity contribution in [2.75, 3.05) is 31.5 Å². The zero-order valence-corrected chi connectivity index (χ0v) is 21.3. The molecule has 1 N–H and O–H groups in total. The van der Waals surface area contributed by atoms with Gasteiger partial charge in [0.1, 0.15) is 0 Å². The number of nitrogens with zero attached hydrogens (tertiary/aromatic N) is 2. The molecule has 33 heavy (non-hydrogen) atoms. The second-order valence-corrected chi connectivity index (χ2v) is 11.9. The van der Waals surface area contributed by atoms with E-state index in [9.17, 15) is 13.2 Å². The molecule has 4 rings (SSSR count). The predicted octanol–water partition coefficient (Wildman–Crippen LogP) is 4.86. The lowest BCUT2D eigenvalue weighted by Crippen LogP contribution is -2.40. The summed E-state index contributed by atoms with van der Waals surface area (Å²) in [6.07, 6.45) is 5.84. The summed E-state index contributed by atoms with van der Waals surface area (Å²) in [6, 6.07) is 14.9. The van der Waals surface area contributed by atoms with Gasteiger partial charge >= 0.3 is 0 Å². The molecule has 0 aliphatic carbocycles. The zero-order chi connectivity index (χ0) is 23.3. The van der Waals surface area contributed by atoms with Crippen LogP contribution in [0.25, 0.3) is 0 Å². The molecular weight excluding hydrogens is 502 g/mol. The summed E-state index contributed by atoms with van der Waals surface area (Å²) in [7, 11) is -3.48. The lowest BCUT2D eigenvalue weighted by Gasteiger charge is -2.32. The van der Waals surface area contributed by atoms with Gasteiger partial charge < -0.3 is 5.32 Å². The van der Waals surface area contributed by atoms with Crippen molar-refractivity contribution in [3.8, 4) is 0 Å². The van der Waals surface area contributed by atoms with Gasteiger partial charge in [0.25, 0.3) is 0 Å². The molecule has 178 valence electrons. The Morgan fingerprint density at radius 1 is 0.909 bits per heavy atom. The van der Waals surface area contributed by atoms with E-state index in [-0.39, 0.29) is 11.8 Å². The van der Waals surface area contributed by atoms with E-state index in [1.807, 2.05) is 12.1 Å². The van der Waals surface area contributed by atoms with Gasteiger partial charge in [-0.2, -0.15) is 4.31 Å². The van der Waals surface area contributed by atoms with Gasteiger partial charge in [0, 0.05) is 36.3 Å². The van der Waals surface area contributed by atoms with Crippen LogP contribution in [0, 0.1) is 5.92 Å². The monoisotopic (exact) mass is 533 g/mol. The van der Waals surface area contributed by atoms with E-state index >= 15 is 0 Å². The number of nitrogens with one attached hydrogen (secondary N) is 1. The smallest absolute Gasteiger partial charge is 0.243 e. The van der Waals surface area contributed by atoms with Crippen LogP contribution in [-0.4, -0.2) is 49.7 Å². The van der Waals surface area contributed by atoms with Crippen molar-refractivity contribution in [1.82, 2.24) is 9.21 Å². The molecule has 0 spiro atoms. The molecule has 2 aromatic carbocycles. The summed E-state index contributed by atoms with van der Waals surface area (Å²) in [5.41, 5.74) is 1.88. The van der Waals surface area contributed by atoms with E-state index in [1.54, 1.807) is 28.6 Å². The predicted molar refractivity (Wildman–Crippen MR) is 134 cm³/mol. The highest BCUT2D eigenvalue weighted by Crippen LogP contribution is 2.24. The summed E-state index contributed by atoms with van der Waals surface area (Å²) in [6.45, 7) is 3.71. The Hall–Kier alpha value is -1.74. The maximum atomic E-state index is 13.0. The minimum Gasteiger partial charge on any atom is -0.326 e. The number of halogens is 1. The van der Waals surface area contributed by atoms with E-state index in [1.165, 1.54) is 5.56 Å². The Morgan fingerprint density at radius 3 is 2.24 bits per heavy atom. The standard InChI is InChI=1S/C25H32BrN3O3S/c26-22-9-7-20(8-10-22)18-28-15-5-6-21(19-28)25(30)27-23-11-13-24(14-12-23)33(31,32)29-16-3-1-2-4-17-29/h7-14,21H,1-6,15-19H2,(H,27,30).